The second kappa shape index (κ2) is 8.08. The molecule has 0 saturated carbocycles. The molecule has 2 aromatic rings. The highest BCUT2D eigenvalue weighted by Crippen LogP contribution is 2.16. The first kappa shape index (κ1) is 16.7. The summed E-state index contributed by atoms with van der Waals surface area (Å²) in [5, 5.41) is 0. The minimum atomic E-state index is -0.254. The second-order valence-electron chi connectivity index (χ2n) is 5.36. The number of hydrogen-bond acceptors (Lipinski definition) is 3. The highest BCUT2D eigenvalue weighted by atomic mass is 16.5. The maximum atomic E-state index is 12.1. The van der Waals surface area contributed by atoms with Crippen molar-refractivity contribution in [1.29, 1.82) is 0 Å². The summed E-state index contributed by atoms with van der Waals surface area (Å²) < 4.78 is 5.26. The van der Waals surface area contributed by atoms with E-state index in [0.717, 1.165) is 12.0 Å². The fourth-order valence-corrected chi connectivity index (χ4v) is 1.90. The average Bonchev–Trinajstić information content (AvgIpc) is 2.60. The van der Waals surface area contributed by atoms with Crippen molar-refractivity contribution in [3.05, 3.63) is 71.8 Å². The summed E-state index contributed by atoms with van der Waals surface area (Å²) in [5.74, 6) is -0.0202. The van der Waals surface area contributed by atoms with Gasteiger partial charge in [-0.2, -0.15) is 0 Å². The smallest absolute Gasteiger partial charge is 0.314 e. The number of ether oxygens (including phenoxy) is 1. The maximum absolute atomic E-state index is 12.1. The van der Waals surface area contributed by atoms with Crippen molar-refractivity contribution in [2.45, 2.75) is 20.3 Å². The number of esters is 1. The first-order valence-corrected chi connectivity index (χ1v) is 7.69. The molecule has 0 radical (unpaired) electrons. The lowest BCUT2D eigenvalue weighted by Gasteiger charge is -2.08. The van der Waals surface area contributed by atoms with Gasteiger partial charge in [0.05, 0.1) is 5.92 Å². The monoisotopic (exact) mass is 308 g/mol. The zero-order valence-electron chi connectivity index (χ0n) is 13.4. The molecular weight excluding hydrogens is 288 g/mol. The van der Waals surface area contributed by atoms with Crippen molar-refractivity contribution in [3.8, 4) is 5.75 Å². The fourth-order valence-electron chi connectivity index (χ4n) is 1.90. The molecule has 0 fully saturated rings. The quantitative estimate of drug-likeness (QED) is 0.341. The van der Waals surface area contributed by atoms with Gasteiger partial charge in [-0.05, 0) is 42.3 Å². The number of allylic oxidation sites excluding steroid dienone is 1. The summed E-state index contributed by atoms with van der Waals surface area (Å²) >= 11 is 0. The maximum Gasteiger partial charge on any atom is 0.314 e. The van der Waals surface area contributed by atoms with E-state index < -0.39 is 0 Å². The van der Waals surface area contributed by atoms with Crippen molar-refractivity contribution in [3.63, 3.8) is 0 Å². The van der Waals surface area contributed by atoms with Crippen LogP contribution in [0, 0.1) is 5.92 Å². The van der Waals surface area contributed by atoms with Crippen LogP contribution >= 0.6 is 0 Å². The summed E-state index contributed by atoms with van der Waals surface area (Å²) in [7, 11) is 0. The van der Waals surface area contributed by atoms with E-state index in [4.69, 9.17) is 4.74 Å². The number of rotatable bonds is 6. The number of hydrogen-bond donors (Lipinski definition) is 0. The van der Waals surface area contributed by atoms with Gasteiger partial charge in [-0.25, -0.2) is 0 Å². The van der Waals surface area contributed by atoms with Crippen LogP contribution in [0.4, 0.5) is 0 Å². The van der Waals surface area contributed by atoms with Crippen LogP contribution in [0.25, 0.3) is 6.08 Å². The Hall–Kier alpha value is -2.68. The average molecular weight is 308 g/mol. The molecule has 0 bridgehead atoms. The Morgan fingerprint density at radius 1 is 1.04 bits per heavy atom. The normalized spacial score (nSPS) is 12.1. The van der Waals surface area contributed by atoms with E-state index in [0.29, 0.717) is 11.3 Å². The summed E-state index contributed by atoms with van der Waals surface area (Å²) in [5.41, 5.74) is 1.53. The standard InChI is InChI=1S/C20H20O3/c1-3-15(2)20(22)23-18-12-10-17(11-13-18)19(21)14-9-16-7-5-4-6-8-16/h4-15H,3H2,1-2H3/b14-9+. The van der Waals surface area contributed by atoms with Crippen molar-refractivity contribution in [2.24, 2.45) is 5.92 Å². The summed E-state index contributed by atoms with van der Waals surface area (Å²) in [6, 6.07) is 16.2. The molecule has 2 aromatic carbocycles. The van der Waals surface area contributed by atoms with Crippen LogP contribution in [0.2, 0.25) is 0 Å². The van der Waals surface area contributed by atoms with Crippen molar-refractivity contribution >= 4 is 17.8 Å². The van der Waals surface area contributed by atoms with Gasteiger partial charge in [0.1, 0.15) is 5.75 Å². The summed E-state index contributed by atoms with van der Waals surface area (Å²) in [6.07, 6.45) is 4.05. The predicted octanol–water partition coefficient (Wildman–Crippen LogP) is 4.53. The van der Waals surface area contributed by atoms with Crippen LogP contribution in [-0.4, -0.2) is 11.8 Å². The van der Waals surface area contributed by atoms with Crippen molar-refractivity contribution in [2.75, 3.05) is 0 Å². The van der Waals surface area contributed by atoms with Crippen LogP contribution in [0.3, 0.4) is 0 Å². The third kappa shape index (κ3) is 4.92. The molecule has 23 heavy (non-hydrogen) atoms. The Morgan fingerprint density at radius 3 is 2.30 bits per heavy atom. The molecular formula is C20H20O3. The van der Waals surface area contributed by atoms with Gasteiger partial charge in [-0.15, -0.1) is 0 Å². The highest BCUT2D eigenvalue weighted by molar-refractivity contribution is 6.06. The first-order valence-electron chi connectivity index (χ1n) is 7.69. The molecule has 118 valence electrons. The van der Waals surface area contributed by atoms with Gasteiger partial charge in [-0.3, -0.25) is 9.59 Å². The second-order valence-corrected chi connectivity index (χ2v) is 5.36. The van der Waals surface area contributed by atoms with Crippen LogP contribution in [0.5, 0.6) is 5.75 Å². The van der Waals surface area contributed by atoms with Crippen LogP contribution < -0.4 is 4.74 Å². The van der Waals surface area contributed by atoms with Gasteiger partial charge < -0.3 is 4.74 Å². The molecule has 2 rings (SSSR count). The number of carbonyl (C=O) groups is 2. The van der Waals surface area contributed by atoms with E-state index in [2.05, 4.69) is 0 Å². The molecule has 3 heteroatoms. The highest BCUT2D eigenvalue weighted by Gasteiger charge is 2.13. The molecule has 0 amide bonds. The van der Waals surface area contributed by atoms with Crippen molar-refractivity contribution in [1.82, 2.24) is 0 Å². The lowest BCUT2D eigenvalue weighted by atomic mass is 10.1. The van der Waals surface area contributed by atoms with E-state index in [9.17, 15) is 9.59 Å². The van der Waals surface area contributed by atoms with E-state index >= 15 is 0 Å². The summed E-state index contributed by atoms with van der Waals surface area (Å²) in [4.78, 5) is 23.8. The Labute approximate surface area is 136 Å². The van der Waals surface area contributed by atoms with Gasteiger partial charge in [0.15, 0.2) is 5.78 Å². The molecule has 1 atom stereocenters. The first-order chi connectivity index (χ1) is 11.1. The van der Waals surface area contributed by atoms with Crippen molar-refractivity contribution < 1.29 is 14.3 Å². The molecule has 1 unspecified atom stereocenters. The third-order valence-corrected chi connectivity index (χ3v) is 3.60. The predicted molar refractivity (Wildman–Crippen MR) is 91.3 cm³/mol. The minimum Gasteiger partial charge on any atom is -0.426 e. The molecule has 0 heterocycles. The minimum absolute atomic E-state index is 0.0892. The van der Waals surface area contributed by atoms with Gasteiger partial charge in [0.25, 0.3) is 0 Å². The SMILES string of the molecule is CCC(C)C(=O)Oc1ccc(C(=O)/C=C/c2ccccc2)cc1. The Balaban J connectivity index is 2.00. The molecule has 0 N–H and O–H groups in total. The number of carbonyl (C=O) groups excluding carboxylic acids is 2. The third-order valence-electron chi connectivity index (χ3n) is 3.60. The van der Waals surface area contributed by atoms with Gasteiger partial charge in [0.2, 0.25) is 0 Å². The fraction of sp³-hybridized carbons (Fsp3) is 0.200. The topological polar surface area (TPSA) is 43.4 Å². The number of ketones is 1. The van der Waals surface area contributed by atoms with Gasteiger partial charge in [-0.1, -0.05) is 50.3 Å². The molecule has 0 aliphatic rings. The molecule has 0 aliphatic carbocycles. The molecule has 0 spiro atoms. The van der Waals surface area contributed by atoms with Gasteiger partial charge >= 0.3 is 5.97 Å². The van der Waals surface area contributed by atoms with Crippen LogP contribution in [-0.2, 0) is 4.79 Å². The van der Waals surface area contributed by atoms with Gasteiger partial charge in [0, 0.05) is 5.56 Å². The van der Waals surface area contributed by atoms with E-state index in [1.54, 1.807) is 30.3 Å². The van der Waals surface area contributed by atoms with E-state index in [1.165, 1.54) is 6.08 Å². The lowest BCUT2D eigenvalue weighted by molar-refractivity contribution is -0.138. The molecule has 0 aliphatic heterocycles. The van der Waals surface area contributed by atoms with Crippen LogP contribution in [0.1, 0.15) is 36.2 Å². The Kier molecular flexibility index (Phi) is 5.87. The zero-order valence-corrected chi connectivity index (χ0v) is 13.4. The molecule has 3 nitrogen and oxygen atoms in total. The molecule has 0 aromatic heterocycles. The Morgan fingerprint density at radius 2 is 1.70 bits per heavy atom. The zero-order chi connectivity index (χ0) is 16.7. The number of benzene rings is 2. The summed E-state index contributed by atoms with van der Waals surface area (Å²) in [6.45, 7) is 3.77. The molecule has 0 saturated heterocycles. The largest absolute Gasteiger partial charge is 0.426 e. The van der Waals surface area contributed by atoms with E-state index in [1.807, 2.05) is 44.2 Å². The Bertz CT molecular complexity index is 685. The lowest BCUT2D eigenvalue weighted by Crippen LogP contribution is -2.16. The van der Waals surface area contributed by atoms with E-state index in [-0.39, 0.29) is 17.7 Å². The van der Waals surface area contributed by atoms with Crippen LogP contribution in [0.15, 0.2) is 60.7 Å².